The van der Waals surface area contributed by atoms with Crippen LogP contribution in [-0.4, -0.2) is 32.2 Å². The minimum atomic E-state index is -4.77. The number of aromatic nitrogens is 4. The van der Waals surface area contributed by atoms with Crippen molar-refractivity contribution in [3.8, 4) is 0 Å². The van der Waals surface area contributed by atoms with E-state index in [1.807, 2.05) is 0 Å². The number of carbonyl (C=O) groups excluding carboxylic acids is 1. The Morgan fingerprint density at radius 1 is 1.44 bits per heavy atom. The van der Waals surface area contributed by atoms with Crippen LogP contribution in [0.3, 0.4) is 0 Å². The van der Waals surface area contributed by atoms with Crippen LogP contribution in [0.5, 0.6) is 0 Å². The lowest BCUT2D eigenvalue weighted by molar-refractivity contribution is -0.143. The van der Waals surface area contributed by atoms with Crippen LogP contribution in [0.15, 0.2) is 12.5 Å². The third-order valence-corrected chi connectivity index (χ3v) is 2.07. The van der Waals surface area contributed by atoms with Crippen LogP contribution in [0, 0.1) is 0 Å². The first-order valence-corrected chi connectivity index (χ1v) is 4.88. The van der Waals surface area contributed by atoms with Crippen LogP contribution in [0.2, 0.25) is 0 Å². The molecule has 0 saturated carbocycles. The van der Waals surface area contributed by atoms with E-state index in [1.165, 1.54) is 6.92 Å². The highest BCUT2D eigenvalue weighted by Gasteiger charge is 2.40. The molecule has 0 unspecified atom stereocenters. The normalized spacial score (nSPS) is 11.8. The van der Waals surface area contributed by atoms with Gasteiger partial charge in [0.2, 0.25) is 0 Å². The van der Waals surface area contributed by atoms with Crippen LogP contribution >= 0.6 is 0 Å². The summed E-state index contributed by atoms with van der Waals surface area (Å²) in [6.45, 7) is 1.46. The van der Waals surface area contributed by atoms with E-state index in [2.05, 4.69) is 19.8 Å². The largest absolute Gasteiger partial charge is 0.462 e. The Morgan fingerprint density at radius 2 is 2.17 bits per heavy atom. The van der Waals surface area contributed by atoms with Crippen molar-refractivity contribution in [3.05, 3.63) is 23.8 Å². The van der Waals surface area contributed by atoms with Crippen molar-refractivity contribution in [1.82, 2.24) is 19.6 Å². The van der Waals surface area contributed by atoms with Gasteiger partial charge in [0.25, 0.3) is 5.78 Å². The number of ether oxygens (including phenoxy) is 1. The van der Waals surface area contributed by atoms with E-state index < -0.39 is 23.4 Å². The first kappa shape index (κ1) is 12.3. The molecule has 0 atom stereocenters. The van der Waals surface area contributed by atoms with Gasteiger partial charge >= 0.3 is 12.1 Å². The second-order valence-electron chi connectivity index (χ2n) is 3.21. The Morgan fingerprint density at radius 3 is 2.78 bits per heavy atom. The third kappa shape index (κ3) is 1.98. The van der Waals surface area contributed by atoms with Crippen LogP contribution in [0.1, 0.15) is 23.0 Å². The summed E-state index contributed by atoms with van der Waals surface area (Å²) in [5.41, 5.74) is -1.94. The fourth-order valence-electron chi connectivity index (χ4n) is 1.41. The highest BCUT2D eigenvalue weighted by molar-refractivity contribution is 5.90. The van der Waals surface area contributed by atoms with Gasteiger partial charge in [0, 0.05) is 6.20 Å². The van der Waals surface area contributed by atoms with Gasteiger partial charge in [0.1, 0.15) is 11.9 Å². The van der Waals surface area contributed by atoms with Gasteiger partial charge in [0.15, 0.2) is 5.69 Å². The number of hydrogen-bond acceptors (Lipinski definition) is 5. The van der Waals surface area contributed by atoms with Gasteiger partial charge in [-0.25, -0.2) is 9.78 Å². The molecule has 0 spiro atoms. The topological polar surface area (TPSA) is 69.4 Å². The molecular formula is C9H7F3N4O2. The van der Waals surface area contributed by atoms with Crippen molar-refractivity contribution in [2.24, 2.45) is 0 Å². The molecule has 6 nitrogen and oxygen atoms in total. The molecule has 0 fully saturated rings. The van der Waals surface area contributed by atoms with Crippen molar-refractivity contribution >= 4 is 11.7 Å². The minimum absolute atomic E-state index is 0.0362. The summed E-state index contributed by atoms with van der Waals surface area (Å²) < 4.78 is 43.8. The standard InChI is InChI=1S/C9H7F3N4O2/c1-2-18-7(17)5-3-13-8-14-4-15-16(8)6(5)9(10,11)12/h3-4H,2H2,1H3. The lowest BCUT2D eigenvalue weighted by Gasteiger charge is -2.12. The summed E-state index contributed by atoms with van der Waals surface area (Å²) >= 11 is 0. The highest BCUT2D eigenvalue weighted by Crippen LogP contribution is 2.31. The fraction of sp³-hybridized carbons (Fsp3) is 0.333. The zero-order valence-electron chi connectivity index (χ0n) is 9.10. The summed E-state index contributed by atoms with van der Waals surface area (Å²) in [7, 11) is 0. The summed E-state index contributed by atoms with van der Waals surface area (Å²) in [5.74, 6) is -1.34. The fourth-order valence-corrected chi connectivity index (χ4v) is 1.41. The summed E-state index contributed by atoms with van der Waals surface area (Å²) in [4.78, 5) is 18.6. The van der Waals surface area contributed by atoms with E-state index in [9.17, 15) is 18.0 Å². The van der Waals surface area contributed by atoms with E-state index in [0.29, 0.717) is 4.52 Å². The number of halogens is 3. The second kappa shape index (κ2) is 4.24. The van der Waals surface area contributed by atoms with Crippen LogP contribution in [0.25, 0.3) is 5.78 Å². The Kier molecular flexibility index (Phi) is 2.89. The number of alkyl halides is 3. The monoisotopic (exact) mass is 260 g/mol. The Hall–Kier alpha value is -2.19. The van der Waals surface area contributed by atoms with Crippen LogP contribution < -0.4 is 0 Å². The van der Waals surface area contributed by atoms with Gasteiger partial charge in [-0.2, -0.15) is 27.8 Å². The second-order valence-corrected chi connectivity index (χ2v) is 3.21. The molecule has 0 N–H and O–H groups in total. The molecule has 2 heterocycles. The van der Waals surface area contributed by atoms with Crippen molar-refractivity contribution < 1.29 is 22.7 Å². The Labute approximate surface area is 98.4 Å². The maximum absolute atomic E-state index is 12.9. The number of fused-ring (bicyclic) bond motifs is 1. The van der Waals surface area contributed by atoms with Crippen LogP contribution in [0.4, 0.5) is 13.2 Å². The zero-order valence-corrected chi connectivity index (χ0v) is 9.10. The van der Waals surface area contributed by atoms with Gasteiger partial charge in [-0.3, -0.25) is 0 Å². The van der Waals surface area contributed by atoms with Gasteiger partial charge in [-0.15, -0.1) is 0 Å². The first-order valence-electron chi connectivity index (χ1n) is 4.88. The molecule has 0 aromatic carbocycles. The molecule has 0 aliphatic rings. The molecule has 96 valence electrons. The molecule has 2 aromatic heterocycles. The molecular weight excluding hydrogens is 253 g/mol. The number of nitrogens with zero attached hydrogens (tertiary/aromatic N) is 4. The maximum atomic E-state index is 12.9. The Bertz CT molecular complexity index is 593. The zero-order chi connectivity index (χ0) is 13.3. The molecule has 2 rings (SSSR count). The average Bonchev–Trinajstić information content (AvgIpc) is 2.74. The molecule has 9 heteroatoms. The minimum Gasteiger partial charge on any atom is -0.462 e. The summed E-state index contributed by atoms with van der Waals surface area (Å²) in [6.07, 6.45) is -3.06. The number of esters is 1. The van der Waals surface area contributed by atoms with Gasteiger partial charge in [-0.05, 0) is 6.92 Å². The average molecular weight is 260 g/mol. The smallest absolute Gasteiger partial charge is 0.434 e. The molecule has 18 heavy (non-hydrogen) atoms. The van der Waals surface area contributed by atoms with Gasteiger partial charge in [-0.1, -0.05) is 0 Å². The van der Waals surface area contributed by atoms with E-state index in [0.717, 1.165) is 12.5 Å². The van der Waals surface area contributed by atoms with E-state index in [4.69, 9.17) is 0 Å². The van der Waals surface area contributed by atoms with Crippen molar-refractivity contribution in [2.45, 2.75) is 13.1 Å². The summed E-state index contributed by atoms with van der Waals surface area (Å²) in [5, 5.41) is 3.40. The third-order valence-electron chi connectivity index (χ3n) is 2.07. The molecule has 0 aliphatic carbocycles. The van der Waals surface area contributed by atoms with Crippen LogP contribution in [-0.2, 0) is 10.9 Å². The van der Waals surface area contributed by atoms with Crippen molar-refractivity contribution in [2.75, 3.05) is 6.61 Å². The molecule has 2 aromatic rings. The number of hydrogen-bond donors (Lipinski definition) is 0. The van der Waals surface area contributed by atoms with Crippen molar-refractivity contribution in [1.29, 1.82) is 0 Å². The first-order chi connectivity index (χ1) is 8.45. The number of carbonyl (C=O) groups is 1. The lowest BCUT2D eigenvalue weighted by atomic mass is 10.2. The van der Waals surface area contributed by atoms with Gasteiger partial charge in [0.05, 0.1) is 6.61 Å². The van der Waals surface area contributed by atoms with E-state index >= 15 is 0 Å². The molecule has 0 saturated heterocycles. The molecule has 0 amide bonds. The SMILES string of the molecule is CCOC(=O)c1cnc2ncnn2c1C(F)(F)F. The molecule has 0 bridgehead atoms. The van der Waals surface area contributed by atoms with Crippen molar-refractivity contribution in [3.63, 3.8) is 0 Å². The highest BCUT2D eigenvalue weighted by atomic mass is 19.4. The van der Waals surface area contributed by atoms with Gasteiger partial charge < -0.3 is 4.74 Å². The summed E-state index contributed by atoms with van der Waals surface area (Å²) in [6, 6.07) is 0. The van der Waals surface area contributed by atoms with E-state index in [-0.39, 0.29) is 12.4 Å². The predicted molar refractivity (Wildman–Crippen MR) is 51.7 cm³/mol. The molecule has 0 radical (unpaired) electrons. The predicted octanol–water partition coefficient (Wildman–Crippen LogP) is 1.32. The quantitative estimate of drug-likeness (QED) is 0.761. The Balaban J connectivity index is 2.69. The van der Waals surface area contributed by atoms with E-state index in [1.54, 1.807) is 0 Å². The molecule has 0 aliphatic heterocycles. The maximum Gasteiger partial charge on any atom is 0.434 e. The lowest BCUT2D eigenvalue weighted by Crippen LogP contribution is -2.21. The number of rotatable bonds is 2.